The van der Waals surface area contributed by atoms with E-state index in [1.54, 1.807) is 0 Å². The van der Waals surface area contributed by atoms with Gasteiger partial charge in [0.1, 0.15) is 0 Å². The van der Waals surface area contributed by atoms with Gasteiger partial charge in [0, 0.05) is 0 Å². The first kappa shape index (κ1) is 70.6. The molecule has 8 nitrogen and oxygen atoms in total. The van der Waals surface area contributed by atoms with Crippen molar-refractivity contribution >= 4 is 72.2 Å². The molecule has 0 unspecified atom stereocenters. The monoisotopic (exact) mass is 742 g/mol. The molecular weight excluding hydrogens is 727 g/mol. The molecule has 13 heteroatoms. The summed E-state index contributed by atoms with van der Waals surface area (Å²) in [7, 11) is 0. The van der Waals surface area contributed by atoms with Crippen molar-refractivity contribution in [3.05, 3.63) is 0 Å². The van der Waals surface area contributed by atoms with Crippen molar-refractivity contribution in [1.29, 1.82) is 0 Å². The van der Waals surface area contributed by atoms with Crippen LogP contribution in [-0.4, -0.2) is 43.8 Å². The van der Waals surface area contributed by atoms with Crippen LogP contribution in [0.5, 0.6) is 0 Å². The van der Waals surface area contributed by atoms with Gasteiger partial charge >= 0.3 is 75.7 Å². The van der Waals surface area contributed by atoms with Crippen LogP contribution in [0.25, 0.3) is 0 Å². The third kappa shape index (κ3) is 232. The molecule has 0 spiro atoms. The van der Waals surface area contributed by atoms with Crippen LogP contribution in [0.1, 0.15) is 0 Å². The van der Waals surface area contributed by atoms with Gasteiger partial charge in [-0.3, -0.25) is 0 Å². The zero-order valence-corrected chi connectivity index (χ0v) is 17.1. The molecule has 0 saturated carbocycles. The predicted octanol–water partition coefficient (Wildman–Crippen LogP) is -3.06. The van der Waals surface area contributed by atoms with E-state index in [0.717, 1.165) is 0 Å². The van der Waals surface area contributed by atoms with E-state index < -0.39 is 3.51 Å². The molecule has 16 N–H and O–H groups in total. The molecule has 0 amide bonds. The van der Waals surface area contributed by atoms with Crippen molar-refractivity contribution in [2.24, 2.45) is 0 Å². The van der Waals surface area contributed by atoms with Crippen molar-refractivity contribution in [3.8, 4) is 0 Å². The molecular formula is H16I4O8Zr. The number of hydrogen-bond acceptors (Lipinski definition) is 0. The standard InChI is InChI=1S/4HI.8H2O.Zr/h4*1H;8*1H2;/q;;;;;;;;;;;;+4/p-4. The molecule has 96 valence electrons. The molecule has 0 heterocycles. The molecule has 0 atom stereocenters. The Morgan fingerprint density at radius 3 is 0.385 bits per heavy atom. The molecule has 0 aromatic rings. The molecule has 0 aromatic heterocycles. The van der Waals surface area contributed by atoms with Crippen molar-refractivity contribution in [2.45, 2.75) is 0 Å². The van der Waals surface area contributed by atoms with Gasteiger partial charge < -0.3 is 43.8 Å². The van der Waals surface area contributed by atoms with Gasteiger partial charge in [0.05, 0.1) is 0 Å². The van der Waals surface area contributed by atoms with Gasteiger partial charge in [-0.25, -0.2) is 0 Å². The molecule has 0 aliphatic heterocycles. The normalized spacial score (nSPS) is 4.62. The summed E-state index contributed by atoms with van der Waals surface area (Å²) >= 11 is 10.2. The summed E-state index contributed by atoms with van der Waals surface area (Å²) in [5, 5.41) is 0. The number of rotatable bonds is 0. The quantitative estimate of drug-likeness (QED) is 0.224. The summed E-state index contributed by atoms with van der Waals surface area (Å²) in [6.07, 6.45) is 0. The predicted molar refractivity (Wildman–Crippen MR) is 85.0 cm³/mol. The van der Waals surface area contributed by atoms with Gasteiger partial charge in [-0.05, 0) is 0 Å². The van der Waals surface area contributed by atoms with Gasteiger partial charge in [-0.2, -0.15) is 0 Å². The van der Waals surface area contributed by atoms with E-state index in [9.17, 15) is 0 Å². The van der Waals surface area contributed by atoms with Crippen LogP contribution in [0.2, 0.25) is 0 Å². The first-order valence-electron chi connectivity index (χ1n) is 0.756. The minimum atomic E-state index is -1.30. The number of halogens is 4. The second-order valence-electron chi connectivity index (χ2n) is 0.429. The van der Waals surface area contributed by atoms with Crippen LogP contribution in [0.3, 0.4) is 0 Å². The van der Waals surface area contributed by atoms with Gasteiger partial charge in [0.15, 0.2) is 0 Å². The average molecular weight is 743 g/mol. The summed E-state index contributed by atoms with van der Waals surface area (Å²) in [6.45, 7) is 0. The number of hydrogen-bond donors (Lipinski definition) is 0. The Hall–Kier alpha value is 3.48. The van der Waals surface area contributed by atoms with Crippen molar-refractivity contribution in [2.75, 3.05) is 0 Å². The van der Waals surface area contributed by atoms with Crippen molar-refractivity contribution in [1.82, 2.24) is 0 Å². The summed E-state index contributed by atoms with van der Waals surface area (Å²) < 4.78 is -1.30. The van der Waals surface area contributed by atoms with Crippen molar-refractivity contribution < 1.29 is 47.3 Å². The van der Waals surface area contributed by atoms with Crippen LogP contribution in [-0.2, 0) is 3.51 Å². The molecule has 0 bridgehead atoms. The summed E-state index contributed by atoms with van der Waals surface area (Å²) in [4.78, 5) is 0. The SMILES string of the molecule is O.O.O.O.O.O.O.O.[I][Zr]([I])([I])[I]. The van der Waals surface area contributed by atoms with E-state index in [2.05, 4.69) is 72.2 Å². The van der Waals surface area contributed by atoms with Gasteiger partial charge in [-0.15, -0.1) is 0 Å². The molecule has 0 aromatic carbocycles. The van der Waals surface area contributed by atoms with Gasteiger partial charge in [-0.1, -0.05) is 0 Å². The molecule has 0 saturated heterocycles. The van der Waals surface area contributed by atoms with Crippen LogP contribution in [0.4, 0.5) is 0 Å². The Balaban J connectivity index is -0.00000000286. The van der Waals surface area contributed by atoms with E-state index in [4.69, 9.17) is 0 Å². The van der Waals surface area contributed by atoms with E-state index >= 15 is 0 Å². The fraction of sp³-hybridized carbons (Fsp3) is 0. The van der Waals surface area contributed by atoms with E-state index in [1.807, 2.05) is 0 Å². The molecule has 0 aliphatic rings. The van der Waals surface area contributed by atoms with Gasteiger partial charge in [0.2, 0.25) is 0 Å². The van der Waals surface area contributed by atoms with Crippen LogP contribution >= 0.6 is 72.2 Å². The maximum atomic E-state index is 2.55. The van der Waals surface area contributed by atoms with Crippen LogP contribution < -0.4 is 0 Å². The minimum absolute atomic E-state index is 0. The zero-order chi connectivity index (χ0) is 4.50. The van der Waals surface area contributed by atoms with E-state index in [0.29, 0.717) is 0 Å². The van der Waals surface area contributed by atoms with Crippen LogP contribution in [0, 0.1) is 0 Å². The van der Waals surface area contributed by atoms with Gasteiger partial charge in [0.25, 0.3) is 0 Å². The molecule has 13 heavy (non-hydrogen) atoms. The Labute approximate surface area is 117 Å². The Kier molecular flexibility index (Phi) is 196. The molecule has 0 rings (SSSR count). The second-order valence-corrected chi connectivity index (χ2v) is 114. The Morgan fingerprint density at radius 2 is 0.385 bits per heavy atom. The molecule has 0 radical (unpaired) electrons. The topological polar surface area (TPSA) is 252 Å². The summed E-state index contributed by atoms with van der Waals surface area (Å²) in [6, 6.07) is 0. The second kappa shape index (κ2) is 36.1. The third-order valence-corrected chi connectivity index (χ3v) is 0. The van der Waals surface area contributed by atoms with E-state index in [1.165, 1.54) is 0 Å². The zero-order valence-electron chi connectivity index (χ0n) is 6.01. The maximum absolute atomic E-state index is 2.55. The Morgan fingerprint density at radius 1 is 0.385 bits per heavy atom. The fourth-order valence-electron chi connectivity index (χ4n) is 0. The molecule has 0 aliphatic carbocycles. The first-order valence-corrected chi connectivity index (χ1v) is 30.0. The van der Waals surface area contributed by atoms with Crippen LogP contribution in [0.15, 0.2) is 0 Å². The molecule has 0 fully saturated rings. The Bertz CT molecular complexity index is 31.6. The first-order chi connectivity index (χ1) is 2.00. The fourth-order valence-corrected chi connectivity index (χ4v) is 0. The summed E-state index contributed by atoms with van der Waals surface area (Å²) in [5.74, 6) is 0. The summed E-state index contributed by atoms with van der Waals surface area (Å²) in [5.41, 5.74) is 0. The van der Waals surface area contributed by atoms with Crippen molar-refractivity contribution in [3.63, 3.8) is 0 Å². The van der Waals surface area contributed by atoms with E-state index in [-0.39, 0.29) is 43.8 Å². The third-order valence-electron chi connectivity index (χ3n) is 0. The average Bonchev–Trinajstić information content (AvgIpc) is 0.722.